The number of carbonyl (C=O) groups is 2. The number of amides is 1. The van der Waals surface area contributed by atoms with Crippen LogP contribution in [0.15, 0.2) is 53.7 Å². The number of nitrogens with one attached hydrogen (secondary N) is 1. The zero-order chi connectivity index (χ0) is 21.7. The van der Waals surface area contributed by atoms with Crippen LogP contribution >= 0.6 is 11.8 Å². The smallest absolute Gasteiger partial charge is 0.337 e. The van der Waals surface area contributed by atoms with Crippen molar-refractivity contribution < 1.29 is 19.2 Å². The Kier molecular flexibility index (Phi) is 6.42. The van der Waals surface area contributed by atoms with Crippen molar-refractivity contribution in [3.8, 4) is 11.4 Å². The molecular weight excluding hydrogens is 410 g/mol. The number of carbonyl (C=O) groups excluding carboxylic acids is 2. The third-order valence-electron chi connectivity index (χ3n) is 4.05. The number of nitro benzene ring substituents is 1. The molecule has 0 aliphatic heterocycles. The Morgan fingerprint density at radius 3 is 2.70 bits per heavy atom. The van der Waals surface area contributed by atoms with Crippen LogP contribution in [-0.2, 0) is 16.6 Å². The van der Waals surface area contributed by atoms with Crippen molar-refractivity contribution >= 4 is 35.0 Å². The van der Waals surface area contributed by atoms with Gasteiger partial charge in [-0.05, 0) is 18.2 Å². The number of non-ortho nitro benzene ring substituents is 1. The zero-order valence-corrected chi connectivity index (χ0v) is 16.9. The minimum atomic E-state index is -0.492. The summed E-state index contributed by atoms with van der Waals surface area (Å²) in [6.07, 6.45) is 0. The molecule has 3 aromatic rings. The van der Waals surface area contributed by atoms with Crippen LogP contribution in [0, 0.1) is 10.1 Å². The number of anilines is 1. The van der Waals surface area contributed by atoms with Crippen molar-refractivity contribution in [2.45, 2.75) is 5.16 Å². The van der Waals surface area contributed by atoms with Gasteiger partial charge in [0.2, 0.25) is 5.91 Å². The molecule has 0 saturated carbocycles. The van der Waals surface area contributed by atoms with Gasteiger partial charge < -0.3 is 14.6 Å². The molecule has 0 unspecified atom stereocenters. The predicted molar refractivity (Wildman–Crippen MR) is 110 cm³/mol. The van der Waals surface area contributed by atoms with Gasteiger partial charge in [-0.3, -0.25) is 14.9 Å². The highest BCUT2D eigenvalue weighted by Crippen LogP contribution is 2.25. The van der Waals surface area contributed by atoms with Crippen molar-refractivity contribution in [3.05, 3.63) is 64.2 Å². The van der Waals surface area contributed by atoms with E-state index in [1.807, 2.05) is 0 Å². The van der Waals surface area contributed by atoms with E-state index in [9.17, 15) is 19.7 Å². The van der Waals surface area contributed by atoms with Crippen LogP contribution in [0.1, 0.15) is 10.4 Å². The second-order valence-corrected chi connectivity index (χ2v) is 7.02. The van der Waals surface area contributed by atoms with Gasteiger partial charge in [0.25, 0.3) is 5.69 Å². The first kappa shape index (κ1) is 21.0. The van der Waals surface area contributed by atoms with Crippen LogP contribution in [0.5, 0.6) is 0 Å². The van der Waals surface area contributed by atoms with Gasteiger partial charge in [0.1, 0.15) is 0 Å². The van der Waals surface area contributed by atoms with E-state index < -0.39 is 10.9 Å². The fourth-order valence-corrected chi connectivity index (χ4v) is 3.33. The number of hydrogen-bond donors (Lipinski definition) is 1. The highest BCUT2D eigenvalue weighted by Gasteiger charge is 2.16. The van der Waals surface area contributed by atoms with E-state index in [2.05, 4.69) is 20.3 Å². The standard InChI is InChI=1S/C19H17N5O5S/c1-23-17(12-5-4-8-15(10-12)24(27)28)21-22-19(23)30-11-16(25)20-14-7-3-6-13(9-14)18(26)29-2/h3-10H,11H2,1-2H3,(H,20,25). The third kappa shape index (κ3) is 4.81. The molecule has 3 rings (SSSR count). The number of thioether (sulfide) groups is 1. The molecule has 0 saturated heterocycles. The molecule has 0 aliphatic rings. The van der Waals surface area contributed by atoms with Crippen molar-refractivity contribution in [3.63, 3.8) is 0 Å². The van der Waals surface area contributed by atoms with Crippen molar-refractivity contribution in [1.82, 2.24) is 14.8 Å². The van der Waals surface area contributed by atoms with E-state index in [4.69, 9.17) is 0 Å². The first-order valence-corrected chi connectivity index (χ1v) is 9.63. The minimum Gasteiger partial charge on any atom is -0.465 e. The summed E-state index contributed by atoms with van der Waals surface area (Å²) in [5.41, 5.74) is 1.31. The van der Waals surface area contributed by atoms with Gasteiger partial charge >= 0.3 is 5.97 Å². The molecule has 11 heteroatoms. The number of nitro groups is 1. The molecule has 0 atom stereocenters. The normalized spacial score (nSPS) is 10.5. The molecular formula is C19H17N5O5S. The minimum absolute atomic E-state index is 0.0433. The molecule has 0 spiro atoms. The number of benzene rings is 2. The summed E-state index contributed by atoms with van der Waals surface area (Å²) >= 11 is 1.17. The number of nitrogens with zero attached hydrogens (tertiary/aromatic N) is 4. The fraction of sp³-hybridized carbons (Fsp3) is 0.158. The summed E-state index contributed by atoms with van der Waals surface area (Å²) in [6, 6.07) is 12.5. The molecule has 1 heterocycles. The van der Waals surface area contributed by atoms with Gasteiger partial charge in [-0.2, -0.15) is 0 Å². The van der Waals surface area contributed by atoms with Crippen LogP contribution in [0.25, 0.3) is 11.4 Å². The maximum atomic E-state index is 12.3. The maximum Gasteiger partial charge on any atom is 0.337 e. The van der Waals surface area contributed by atoms with Crippen LogP contribution in [0.2, 0.25) is 0 Å². The van der Waals surface area contributed by atoms with Gasteiger partial charge in [0.05, 0.1) is 23.3 Å². The molecule has 154 valence electrons. The Morgan fingerprint density at radius 1 is 1.20 bits per heavy atom. The van der Waals surface area contributed by atoms with Crippen LogP contribution < -0.4 is 5.32 Å². The molecule has 0 radical (unpaired) electrons. The lowest BCUT2D eigenvalue weighted by Gasteiger charge is -2.07. The number of rotatable bonds is 7. The second-order valence-electron chi connectivity index (χ2n) is 6.08. The molecule has 0 aliphatic carbocycles. The fourth-order valence-electron chi connectivity index (χ4n) is 2.62. The Morgan fingerprint density at radius 2 is 1.97 bits per heavy atom. The quantitative estimate of drug-likeness (QED) is 0.264. The largest absolute Gasteiger partial charge is 0.465 e. The molecule has 2 aromatic carbocycles. The molecule has 10 nitrogen and oxygen atoms in total. The van der Waals surface area contributed by atoms with E-state index in [1.165, 1.54) is 37.1 Å². The Hall–Kier alpha value is -3.73. The van der Waals surface area contributed by atoms with E-state index in [0.29, 0.717) is 27.8 Å². The highest BCUT2D eigenvalue weighted by molar-refractivity contribution is 7.99. The molecule has 0 fully saturated rings. The summed E-state index contributed by atoms with van der Waals surface area (Å²) in [5.74, 6) is -0.272. The number of aromatic nitrogens is 3. The van der Waals surface area contributed by atoms with Crippen LogP contribution in [0.4, 0.5) is 11.4 Å². The number of esters is 1. The number of ether oxygens (including phenoxy) is 1. The second kappa shape index (κ2) is 9.18. The predicted octanol–water partition coefficient (Wildman–Crippen LogP) is 2.91. The molecule has 1 N–H and O–H groups in total. The van der Waals surface area contributed by atoms with Crippen LogP contribution in [-0.4, -0.2) is 44.4 Å². The molecule has 1 aromatic heterocycles. The van der Waals surface area contributed by atoms with Gasteiger partial charge in [0, 0.05) is 30.4 Å². The van der Waals surface area contributed by atoms with E-state index in [1.54, 1.807) is 41.9 Å². The first-order chi connectivity index (χ1) is 14.4. The molecule has 1 amide bonds. The van der Waals surface area contributed by atoms with Gasteiger partial charge in [0.15, 0.2) is 11.0 Å². The van der Waals surface area contributed by atoms with Gasteiger partial charge in [-0.25, -0.2) is 4.79 Å². The summed E-state index contributed by atoms with van der Waals surface area (Å²) < 4.78 is 6.32. The molecule has 30 heavy (non-hydrogen) atoms. The Balaban J connectivity index is 1.66. The first-order valence-electron chi connectivity index (χ1n) is 8.64. The Bertz CT molecular complexity index is 1110. The maximum absolute atomic E-state index is 12.3. The summed E-state index contributed by atoms with van der Waals surface area (Å²) in [4.78, 5) is 34.3. The van der Waals surface area contributed by atoms with Gasteiger partial charge in [-0.15, -0.1) is 10.2 Å². The average molecular weight is 427 g/mol. The number of methoxy groups -OCH3 is 1. The monoisotopic (exact) mass is 427 g/mol. The van der Waals surface area contributed by atoms with E-state index in [-0.39, 0.29) is 17.3 Å². The van der Waals surface area contributed by atoms with Crippen molar-refractivity contribution in [2.75, 3.05) is 18.2 Å². The van der Waals surface area contributed by atoms with Gasteiger partial charge in [-0.1, -0.05) is 30.0 Å². The lowest BCUT2D eigenvalue weighted by molar-refractivity contribution is -0.384. The average Bonchev–Trinajstić information content (AvgIpc) is 3.12. The SMILES string of the molecule is COC(=O)c1cccc(NC(=O)CSc2nnc(-c3cccc([N+](=O)[O-])c3)n2C)c1. The Labute approximate surface area is 175 Å². The highest BCUT2D eigenvalue weighted by atomic mass is 32.2. The lowest BCUT2D eigenvalue weighted by atomic mass is 10.2. The summed E-state index contributed by atoms with van der Waals surface area (Å²) in [6.45, 7) is 0. The van der Waals surface area contributed by atoms with E-state index >= 15 is 0 Å². The lowest BCUT2D eigenvalue weighted by Crippen LogP contribution is -2.15. The molecule has 0 bridgehead atoms. The van der Waals surface area contributed by atoms with Crippen molar-refractivity contribution in [1.29, 1.82) is 0 Å². The van der Waals surface area contributed by atoms with E-state index in [0.717, 1.165) is 0 Å². The van der Waals surface area contributed by atoms with Crippen LogP contribution in [0.3, 0.4) is 0 Å². The summed E-state index contributed by atoms with van der Waals surface area (Å²) in [7, 11) is 3.00. The third-order valence-corrected chi connectivity index (χ3v) is 5.07. The zero-order valence-electron chi connectivity index (χ0n) is 16.1. The number of hydrogen-bond acceptors (Lipinski definition) is 8. The summed E-state index contributed by atoms with van der Waals surface area (Å²) in [5, 5.41) is 22.3. The topological polar surface area (TPSA) is 129 Å². The van der Waals surface area contributed by atoms with Crippen molar-refractivity contribution in [2.24, 2.45) is 7.05 Å².